The number of aromatic amines is 1. The highest BCUT2D eigenvalue weighted by molar-refractivity contribution is 5.85. The molecule has 2 aromatic rings. The van der Waals surface area contributed by atoms with Gasteiger partial charge in [-0.1, -0.05) is 12.1 Å². The second-order valence-corrected chi connectivity index (χ2v) is 7.86. The van der Waals surface area contributed by atoms with E-state index in [2.05, 4.69) is 15.3 Å². The summed E-state index contributed by atoms with van der Waals surface area (Å²) in [6, 6.07) is 6.51. The SMILES string of the molecule is Cc1nc(=O)[nH]c(C)c1CCC(=O)N1C[C@@H]2CNC[C@@H]2[C@H]1c1cccc(F)c1.Cl.Cl. The standard InChI is InChI=1S/C21H25FN4O2.2ClH/c1-12-17(13(2)25-21(28)24-12)6-7-19(27)26-11-15-9-23-10-18(15)20(26)14-4-3-5-16(22)8-14;;/h3-5,8,15,18,20,23H,6-7,9-11H2,1-2H3,(H,24,25,28);2*1H/t15-,18-,20+;;/m0../s1. The van der Waals surface area contributed by atoms with Gasteiger partial charge in [-0.25, -0.2) is 9.18 Å². The Kier molecular flexibility index (Phi) is 8.02. The lowest BCUT2D eigenvalue weighted by Crippen LogP contribution is -2.35. The van der Waals surface area contributed by atoms with Crippen LogP contribution in [-0.4, -0.2) is 40.4 Å². The fraction of sp³-hybridized carbons (Fsp3) is 0.476. The lowest BCUT2D eigenvalue weighted by molar-refractivity contribution is -0.132. The summed E-state index contributed by atoms with van der Waals surface area (Å²) < 4.78 is 13.8. The van der Waals surface area contributed by atoms with Crippen molar-refractivity contribution in [3.05, 3.63) is 63.1 Å². The van der Waals surface area contributed by atoms with E-state index >= 15 is 0 Å². The highest BCUT2D eigenvalue weighted by Crippen LogP contribution is 2.43. The molecule has 3 heterocycles. The van der Waals surface area contributed by atoms with Crippen LogP contribution in [0.2, 0.25) is 0 Å². The second kappa shape index (κ2) is 9.90. The van der Waals surface area contributed by atoms with Gasteiger partial charge in [-0.3, -0.25) is 4.79 Å². The van der Waals surface area contributed by atoms with Crippen LogP contribution in [0.25, 0.3) is 0 Å². The lowest BCUT2D eigenvalue weighted by Gasteiger charge is -2.28. The molecular formula is C21H27Cl2FN4O2. The molecule has 1 aromatic carbocycles. The molecule has 9 heteroatoms. The maximum atomic E-state index is 13.8. The maximum absolute atomic E-state index is 13.8. The van der Waals surface area contributed by atoms with E-state index in [9.17, 15) is 14.0 Å². The number of hydrogen-bond donors (Lipinski definition) is 2. The first-order valence-electron chi connectivity index (χ1n) is 9.76. The van der Waals surface area contributed by atoms with Crippen LogP contribution in [0.1, 0.15) is 35.0 Å². The number of fused-ring (bicyclic) bond motifs is 1. The monoisotopic (exact) mass is 456 g/mol. The molecule has 2 saturated heterocycles. The van der Waals surface area contributed by atoms with E-state index in [1.165, 1.54) is 6.07 Å². The number of H-pyrrole nitrogens is 1. The minimum absolute atomic E-state index is 0. The molecule has 6 nitrogen and oxygen atoms in total. The van der Waals surface area contributed by atoms with Gasteiger partial charge in [0.05, 0.1) is 6.04 Å². The third-order valence-corrected chi connectivity index (χ3v) is 6.12. The van der Waals surface area contributed by atoms with E-state index in [0.717, 1.165) is 29.9 Å². The molecule has 0 bridgehead atoms. The van der Waals surface area contributed by atoms with Gasteiger partial charge < -0.3 is 15.2 Å². The molecule has 1 aromatic heterocycles. The summed E-state index contributed by atoms with van der Waals surface area (Å²) in [4.78, 5) is 33.2. The Morgan fingerprint density at radius 2 is 2.03 bits per heavy atom. The zero-order valence-corrected chi connectivity index (χ0v) is 18.6. The number of carbonyl (C=O) groups excluding carboxylic acids is 1. The number of halogens is 3. The average Bonchev–Trinajstić information content (AvgIpc) is 3.21. The summed E-state index contributed by atoms with van der Waals surface area (Å²) in [7, 11) is 0. The number of nitrogens with one attached hydrogen (secondary N) is 2. The van der Waals surface area contributed by atoms with Crippen molar-refractivity contribution in [2.24, 2.45) is 11.8 Å². The van der Waals surface area contributed by atoms with Crippen molar-refractivity contribution in [1.29, 1.82) is 0 Å². The Labute approximate surface area is 187 Å². The number of benzene rings is 1. The number of nitrogens with zero attached hydrogens (tertiary/aromatic N) is 2. The minimum Gasteiger partial charge on any atom is -0.335 e. The first kappa shape index (κ1) is 24.3. The number of aromatic nitrogens is 2. The van der Waals surface area contributed by atoms with Gasteiger partial charge in [0.1, 0.15) is 5.82 Å². The summed E-state index contributed by atoms with van der Waals surface area (Å²) in [5, 5.41) is 3.40. The van der Waals surface area contributed by atoms with Crippen LogP contribution in [-0.2, 0) is 11.2 Å². The molecular weight excluding hydrogens is 430 g/mol. The molecule has 4 rings (SSSR count). The molecule has 0 aliphatic carbocycles. The molecule has 2 aliphatic heterocycles. The smallest absolute Gasteiger partial charge is 0.335 e. The first-order valence-corrected chi connectivity index (χ1v) is 9.76. The van der Waals surface area contributed by atoms with Crippen LogP contribution in [0.4, 0.5) is 4.39 Å². The van der Waals surface area contributed by atoms with Crippen molar-refractivity contribution in [3.8, 4) is 0 Å². The van der Waals surface area contributed by atoms with Gasteiger partial charge in [0.15, 0.2) is 0 Å². The van der Waals surface area contributed by atoms with Crippen LogP contribution < -0.4 is 11.0 Å². The largest absolute Gasteiger partial charge is 0.345 e. The summed E-state index contributed by atoms with van der Waals surface area (Å²) >= 11 is 0. The van der Waals surface area contributed by atoms with Gasteiger partial charge in [0.25, 0.3) is 0 Å². The van der Waals surface area contributed by atoms with Crippen molar-refractivity contribution in [1.82, 2.24) is 20.2 Å². The number of hydrogen-bond acceptors (Lipinski definition) is 4. The highest BCUT2D eigenvalue weighted by Gasteiger charge is 2.46. The van der Waals surface area contributed by atoms with E-state index in [4.69, 9.17) is 0 Å². The molecule has 0 spiro atoms. The van der Waals surface area contributed by atoms with Gasteiger partial charge >= 0.3 is 5.69 Å². The predicted octanol–water partition coefficient (Wildman–Crippen LogP) is 2.72. The van der Waals surface area contributed by atoms with Crippen molar-refractivity contribution in [3.63, 3.8) is 0 Å². The quantitative estimate of drug-likeness (QED) is 0.741. The third kappa shape index (κ3) is 4.68. The van der Waals surface area contributed by atoms with Crippen LogP contribution in [0.5, 0.6) is 0 Å². The minimum atomic E-state index is -0.365. The molecule has 1 amide bonds. The second-order valence-electron chi connectivity index (χ2n) is 7.86. The number of aryl methyl sites for hydroxylation is 2. The number of carbonyl (C=O) groups is 1. The normalized spacial score (nSPS) is 22.2. The fourth-order valence-corrected chi connectivity index (χ4v) is 4.79. The Balaban J connectivity index is 0.00000160. The van der Waals surface area contributed by atoms with Gasteiger partial charge in [0, 0.05) is 43.4 Å². The van der Waals surface area contributed by atoms with Crippen LogP contribution >= 0.6 is 24.8 Å². The number of amides is 1. The Morgan fingerprint density at radius 1 is 1.27 bits per heavy atom. The molecule has 0 radical (unpaired) electrons. The molecule has 2 aliphatic rings. The molecule has 2 fully saturated rings. The lowest BCUT2D eigenvalue weighted by atomic mass is 9.89. The molecule has 30 heavy (non-hydrogen) atoms. The summed E-state index contributed by atoms with van der Waals surface area (Å²) in [6.07, 6.45) is 0.869. The Bertz CT molecular complexity index is 942. The fourth-order valence-electron chi connectivity index (χ4n) is 4.79. The average molecular weight is 457 g/mol. The molecule has 2 N–H and O–H groups in total. The third-order valence-electron chi connectivity index (χ3n) is 6.12. The zero-order chi connectivity index (χ0) is 19.8. The summed E-state index contributed by atoms with van der Waals surface area (Å²) in [5.41, 5.74) is 2.84. The van der Waals surface area contributed by atoms with E-state index < -0.39 is 0 Å². The van der Waals surface area contributed by atoms with Gasteiger partial charge in [-0.05, 0) is 49.4 Å². The van der Waals surface area contributed by atoms with E-state index in [-0.39, 0.29) is 48.3 Å². The predicted molar refractivity (Wildman–Crippen MR) is 118 cm³/mol. The van der Waals surface area contributed by atoms with Gasteiger partial charge in [-0.2, -0.15) is 4.98 Å². The molecule has 3 atom stereocenters. The summed E-state index contributed by atoms with van der Waals surface area (Å²) in [5.74, 6) is 0.498. The van der Waals surface area contributed by atoms with E-state index in [0.29, 0.717) is 36.9 Å². The Hall–Kier alpha value is -1.96. The van der Waals surface area contributed by atoms with Crippen molar-refractivity contribution >= 4 is 30.7 Å². The van der Waals surface area contributed by atoms with E-state index in [1.54, 1.807) is 19.1 Å². The van der Waals surface area contributed by atoms with Crippen LogP contribution in [0.3, 0.4) is 0 Å². The number of rotatable bonds is 4. The van der Waals surface area contributed by atoms with Crippen LogP contribution in [0, 0.1) is 31.5 Å². The topological polar surface area (TPSA) is 78.1 Å². The van der Waals surface area contributed by atoms with Gasteiger partial charge in [-0.15, -0.1) is 24.8 Å². The first-order chi connectivity index (χ1) is 13.4. The number of likely N-dealkylation sites (tertiary alicyclic amines) is 1. The summed E-state index contributed by atoms with van der Waals surface area (Å²) in [6.45, 7) is 6.06. The van der Waals surface area contributed by atoms with Gasteiger partial charge in [0.2, 0.25) is 5.91 Å². The maximum Gasteiger partial charge on any atom is 0.345 e. The van der Waals surface area contributed by atoms with E-state index in [1.807, 2.05) is 17.9 Å². The molecule has 0 saturated carbocycles. The molecule has 164 valence electrons. The van der Waals surface area contributed by atoms with Crippen molar-refractivity contribution in [2.75, 3.05) is 19.6 Å². The van der Waals surface area contributed by atoms with Crippen molar-refractivity contribution < 1.29 is 9.18 Å². The molecule has 0 unspecified atom stereocenters. The Morgan fingerprint density at radius 3 is 2.73 bits per heavy atom. The van der Waals surface area contributed by atoms with Crippen LogP contribution in [0.15, 0.2) is 29.1 Å². The zero-order valence-electron chi connectivity index (χ0n) is 17.0. The highest BCUT2D eigenvalue weighted by atomic mass is 35.5. The van der Waals surface area contributed by atoms with Crippen molar-refractivity contribution in [2.45, 2.75) is 32.7 Å².